The number of halogens is 2. The first-order valence-corrected chi connectivity index (χ1v) is 12.0. The first-order chi connectivity index (χ1) is 16.8. The number of amides is 1. The number of hydrogen-bond acceptors (Lipinski definition) is 6. The maximum absolute atomic E-state index is 13.6. The molecule has 0 saturated carbocycles. The number of carbonyl (C=O) groups excluding carboxylic acids is 3. The molecule has 35 heavy (non-hydrogen) atoms. The van der Waals surface area contributed by atoms with Gasteiger partial charge in [0.1, 0.15) is 11.9 Å². The van der Waals surface area contributed by atoms with Crippen LogP contribution >= 0.6 is 15.9 Å². The fraction of sp³-hybridized carbons (Fsp3) is 0.269. The van der Waals surface area contributed by atoms with E-state index in [-0.39, 0.29) is 30.8 Å². The van der Waals surface area contributed by atoms with Gasteiger partial charge in [-0.1, -0.05) is 22.0 Å². The highest BCUT2D eigenvalue weighted by Crippen LogP contribution is 2.41. The lowest BCUT2D eigenvalue weighted by Crippen LogP contribution is -2.42. The van der Waals surface area contributed by atoms with Crippen LogP contribution in [-0.2, 0) is 19.1 Å². The average molecular weight is 543 g/mol. The smallest absolute Gasteiger partial charge is 0.339 e. The van der Waals surface area contributed by atoms with Crippen LogP contribution in [0.2, 0.25) is 0 Å². The van der Waals surface area contributed by atoms with Crippen molar-refractivity contribution in [3.8, 4) is 0 Å². The summed E-state index contributed by atoms with van der Waals surface area (Å²) in [5.41, 5.74) is 3.38. The summed E-state index contributed by atoms with van der Waals surface area (Å²) < 4.78 is 25.0. The van der Waals surface area contributed by atoms with Gasteiger partial charge in [-0.3, -0.25) is 9.69 Å². The zero-order valence-corrected chi connectivity index (χ0v) is 20.9. The zero-order valence-electron chi connectivity index (χ0n) is 19.3. The molecule has 0 aliphatic carbocycles. The van der Waals surface area contributed by atoms with Gasteiger partial charge in [-0.2, -0.15) is 0 Å². The summed E-state index contributed by atoms with van der Waals surface area (Å²) in [7, 11) is 0. The molecule has 2 aromatic carbocycles. The summed E-state index contributed by atoms with van der Waals surface area (Å²) in [6, 6.07) is 9.65. The van der Waals surface area contributed by atoms with E-state index < -0.39 is 29.7 Å². The Bertz CT molecular complexity index is 1240. The molecule has 2 heterocycles. The number of carbonyl (C=O) groups is 3. The van der Waals surface area contributed by atoms with E-state index in [0.29, 0.717) is 12.1 Å². The maximum Gasteiger partial charge on any atom is 0.339 e. The summed E-state index contributed by atoms with van der Waals surface area (Å²) in [6.45, 7) is 3.95. The van der Waals surface area contributed by atoms with Gasteiger partial charge in [0.05, 0.1) is 18.8 Å². The number of anilines is 1. The van der Waals surface area contributed by atoms with Crippen LogP contribution in [0.5, 0.6) is 0 Å². The molecule has 2 aromatic rings. The number of nitrogens with zero attached hydrogens (tertiary/aromatic N) is 1. The molecule has 0 bridgehead atoms. The van der Waals surface area contributed by atoms with Crippen LogP contribution in [0.15, 0.2) is 64.3 Å². The third-order valence-corrected chi connectivity index (χ3v) is 6.33. The Morgan fingerprint density at radius 2 is 1.77 bits per heavy atom. The van der Waals surface area contributed by atoms with E-state index in [4.69, 9.17) is 9.47 Å². The van der Waals surface area contributed by atoms with Gasteiger partial charge in [-0.25, -0.2) is 14.0 Å². The number of hydrogen-bond donors (Lipinski definition) is 1. The van der Waals surface area contributed by atoms with Gasteiger partial charge in [0.15, 0.2) is 0 Å². The highest BCUT2D eigenvalue weighted by atomic mass is 79.9. The first-order valence-electron chi connectivity index (χ1n) is 11.2. The van der Waals surface area contributed by atoms with E-state index in [1.807, 2.05) is 18.2 Å². The number of esters is 2. The predicted molar refractivity (Wildman–Crippen MR) is 132 cm³/mol. The molecule has 1 amide bonds. The minimum Gasteiger partial charge on any atom is -0.464 e. The maximum atomic E-state index is 13.6. The van der Waals surface area contributed by atoms with Crippen molar-refractivity contribution in [1.29, 1.82) is 0 Å². The Balaban J connectivity index is 1.89. The summed E-state index contributed by atoms with van der Waals surface area (Å²) in [5.74, 6) is -2.26. The molecule has 1 N–H and O–H groups in total. The van der Waals surface area contributed by atoms with Crippen molar-refractivity contribution >= 4 is 45.0 Å². The SMILES string of the molecule is CCOC(=O)C1=CN(C(=O)c2ccc(F)cc2)C(C(=O)OCC)CC2=C1CNc1cc(Br)ccc12. The minimum atomic E-state index is -1.04. The molecule has 0 aromatic heterocycles. The van der Waals surface area contributed by atoms with Gasteiger partial charge in [0.25, 0.3) is 5.91 Å². The lowest BCUT2D eigenvalue weighted by molar-refractivity contribution is -0.147. The van der Waals surface area contributed by atoms with Crippen molar-refractivity contribution in [3.63, 3.8) is 0 Å². The molecular weight excluding hydrogens is 519 g/mol. The Morgan fingerprint density at radius 3 is 2.46 bits per heavy atom. The largest absolute Gasteiger partial charge is 0.464 e. The fourth-order valence-corrected chi connectivity index (χ4v) is 4.59. The van der Waals surface area contributed by atoms with E-state index in [1.165, 1.54) is 35.4 Å². The van der Waals surface area contributed by atoms with Crippen LogP contribution < -0.4 is 5.32 Å². The second-order valence-corrected chi connectivity index (χ2v) is 8.87. The van der Waals surface area contributed by atoms with Crippen molar-refractivity contribution in [2.75, 3.05) is 25.1 Å². The topological polar surface area (TPSA) is 84.9 Å². The van der Waals surface area contributed by atoms with Crippen LogP contribution in [0.1, 0.15) is 36.2 Å². The van der Waals surface area contributed by atoms with Gasteiger partial charge < -0.3 is 14.8 Å². The van der Waals surface area contributed by atoms with E-state index in [1.54, 1.807) is 13.8 Å². The predicted octanol–water partition coefficient (Wildman–Crippen LogP) is 4.69. The first kappa shape index (κ1) is 24.7. The Hall–Kier alpha value is -3.46. The summed E-state index contributed by atoms with van der Waals surface area (Å²) in [5, 5.41) is 3.31. The molecule has 0 radical (unpaired) electrons. The molecule has 182 valence electrons. The van der Waals surface area contributed by atoms with Crippen LogP contribution in [0.25, 0.3) is 5.57 Å². The Labute approximate surface area is 210 Å². The summed E-state index contributed by atoms with van der Waals surface area (Å²) >= 11 is 3.47. The third kappa shape index (κ3) is 5.00. The molecule has 2 aliphatic rings. The molecular formula is C26H24BrFN2O5. The number of benzene rings is 2. The molecule has 0 fully saturated rings. The van der Waals surface area contributed by atoms with Crippen molar-refractivity contribution in [2.45, 2.75) is 26.3 Å². The van der Waals surface area contributed by atoms with E-state index in [0.717, 1.165) is 21.3 Å². The quantitative estimate of drug-likeness (QED) is 0.551. The second-order valence-electron chi connectivity index (χ2n) is 7.96. The van der Waals surface area contributed by atoms with E-state index >= 15 is 0 Å². The van der Waals surface area contributed by atoms with Gasteiger partial charge in [0.2, 0.25) is 0 Å². The highest BCUT2D eigenvalue weighted by molar-refractivity contribution is 9.10. The van der Waals surface area contributed by atoms with Gasteiger partial charge in [-0.05, 0) is 61.4 Å². The molecule has 2 aliphatic heterocycles. The average Bonchev–Trinajstić information content (AvgIpc) is 3.02. The van der Waals surface area contributed by atoms with Crippen molar-refractivity contribution in [1.82, 2.24) is 4.90 Å². The number of ether oxygens (including phenoxy) is 2. The highest BCUT2D eigenvalue weighted by Gasteiger charge is 2.38. The molecule has 9 heteroatoms. The van der Waals surface area contributed by atoms with Gasteiger partial charge >= 0.3 is 11.9 Å². The number of nitrogens with one attached hydrogen (secondary N) is 1. The van der Waals surface area contributed by atoms with Crippen LogP contribution in [-0.4, -0.2) is 48.5 Å². The monoisotopic (exact) mass is 542 g/mol. The lowest BCUT2D eigenvalue weighted by atomic mass is 9.87. The lowest BCUT2D eigenvalue weighted by Gasteiger charge is -2.28. The minimum absolute atomic E-state index is 0.122. The second kappa shape index (κ2) is 10.4. The molecule has 7 nitrogen and oxygen atoms in total. The van der Waals surface area contributed by atoms with Gasteiger partial charge in [-0.15, -0.1) is 0 Å². The van der Waals surface area contributed by atoms with Crippen molar-refractivity contribution in [2.24, 2.45) is 0 Å². The van der Waals surface area contributed by atoms with E-state index in [9.17, 15) is 18.8 Å². The van der Waals surface area contributed by atoms with Crippen molar-refractivity contribution < 1.29 is 28.2 Å². The molecule has 0 saturated heterocycles. The Kier molecular flexibility index (Phi) is 7.35. The summed E-state index contributed by atoms with van der Waals surface area (Å²) in [4.78, 5) is 41.0. The number of rotatable bonds is 5. The zero-order chi connectivity index (χ0) is 25.1. The van der Waals surface area contributed by atoms with Crippen LogP contribution in [0.3, 0.4) is 0 Å². The van der Waals surface area contributed by atoms with Crippen molar-refractivity contribution in [3.05, 3.63) is 81.2 Å². The Morgan fingerprint density at radius 1 is 1.06 bits per heavy atom. The molecule has 1 atom stereocenters. The van der Waals surface area contributed by atoms with Gasteiger partial charge in [0, 0.05) is 40.5 Å². The fourth-order valence-electron chi connectivity index (χ4n) is 4.23. The van der Waals surface area contributed by atoms with E-state index in [2.05, 4.69) is 21.2 Å². The normalized spacial score (nSPS) is 16.9. The van der Waals surface area contributed by atoms with Crippen LogP contribution in [0, 0.1) is 5.82 Å². The molecule has 1 unspecified atom stereocenters. The standard InChI is InChI=1S/C26H24BrFN2O5/c1-3-34-25(32)21-14-30(24(31)15-5-8-17(28)9-6-15)23(26(33)35-4-2)12-19-18-10-7-16(27)11-22(18)29-13-20(19)21/h5-11,14,23,29H,3-4,12-13H2,1-2H3. The summed E-state index contributed by atoms with van der Waals surface area (Å²) in [6.07, 6.45) is 1.48. The molecule has 4 rings (SSSR count). The third-order valence-electron chi connectivity index (χ3n) is 5.83. The number of fused-ring (bicyclic) bond motifs is 2. The molecule has 0 spiro atoms. The van der Waals surface area contributed by atoms with Crippen LogP contribution in [0.4, 0.5) is 10.1 Å².